The van der Waals surface area contributed by atoms with Crippen molar-refractivity contribution in [1.82, 2.24) is 4.31 Å². The molecule has 0 N–H and O–H groups in total. The van der Waals surface area contributed by atoms with Gasteiger partial charge in [-0.25, -0.2) is 16.8 Å². The van der Waals surface area contributed by atoms with Gasteiger partial charge < -0.3 is 0 Å². The molecular formula is C15H22N2O4S2. The zero-order valence-electron chi connectivity index (χ0n) is 13.4. The van der Waals surface area contributed by atoms with Gasteiger partial charge in [0.15, 0.2) is 0 Å². The second-order valence-electron chi connectivity index (χ2n) is 6.37. The maximum Gasteiger partial charge on any atom is 0.243 e. The molecule has 2 aliphatic rings. The Morgan fingerprint density at radius 2 is 1.70 bits per heavy atom. The van der Waals surface area contributed by atoms with Crippen LogP contribution in [0, 0.1) is 0 Å². The first-order valence-corrected chi connectivity index (χ1v) is 11.1. The van der Waals surface area contributed by atoms with Crippen LogP contribution in [-0.2, 0) is 26.5 Å². The summed E-state index contributed by atoms with van der Waals surface area (Å²) in [5.74, 6) is 0. The quantitative estimate of drug-likeness (QED) is 0.822. The maximum atomic E-state index is 12.7. The van der Waals surface area contributed by atoms with E-state index in [2.05, 4.69) is 0 Å². The van der Waals surface area contributed by atoms with Crippen molar-refractivity contribution in [3.05, 3.63) is 23.8 Å². The SMILES string of the molecule is C[C@H]1Cc2cc(S(=O)(=O)N3CCCCC3)ccc2N1S(C)(=O)=O. The molecule has 6 nitrogen and oxygen atoms in total. The summed E-state index contributed by atoms with van der Waals surface area (Å²) in [4.78, 5) is 0.265. The highest BCUT2D eigenvalue weighted by atomic mass is 32.2. The third-order valence-corrected chi connectivity index (χ3v) is 7.68. The number of rotatable bonds is 3. The number of piperidine rings is 1. The van der Waals surface area contributed by atoms with Crippen LogP contribution in [0.5, 0.6) is 0 Å². The average molecular weight is 358 g/mol. The molecule has 3 rings (SSSR count). The molecule has 128 valence electrons. The minimum Gasteiger partial charge on any atom is -0.267 e. The molecule has 1 fully saturated rings. The molecule has 0 radical (unpaired) electrons. The van der Waals surface area contributed by atoms with Crippen LogP contribution in [0.3, 0.4) is 0 Å². The van der Waals surface area contributed by atoms with Gasteiger partial charge in [-0.05, 0) is 49.9 Å². The fraction of sp³-hybridized carbons (Fsp3) is 0.600. The van der Waals surface area contributed by atoms with Crippen molar-refractivity contribution in [3.8, 4) is 0 Å². The van der Waals surface area contributed by atoms with E-state index in [1.54, 1.807) is 12.1 Å². The van der Waals surface area contributed by atoms with Crippen molar-refractivity contribution in [3.63, 3.8) is 0 Å². The first kappa shape index (κ1) is 16.7. The van der Waals surface area contributed by atoms with E-state index >= 15 is 0 Å². The third kappa shape index (κ3) is 2.99. The van der Waals surface area contributed by atoms with Gasteiger partial charge in [0, 0.05) is 19.1 Å². The summed E-state index contributed by atoms with van der Waals surface area (Å²) in [6, 6.07) is 4.60. The van der Waals surface area contributed by atoms with Gasteiger partial charge >= 0.3 is 0 Å². The summed E-state index contributed by atoms with van der Waals surface area (Å²) in [6.07, 6.45) is 4.56. The second-order valence-corrected chi connectivity index (χ2v) is 10.2. The molecule has 0 bridgehead atoms. The number of fused-ring (bicyclic) bond motifs is 1. The predicted molar refractivity (Wildman–Crippen MR) is 89.5 cm³/mol. The van der Waals surface area contributed by atoms with Crippen LogP contribution < -0.4 is 4.31 Å². The summed E-state index contributed by atoms with van der Waals surface area (Å²) < 4.78 is 52.3. The molecule has 0 amide bonds. The van der Waals surface area contributed by atoms with E-state index in [-0.39, 0.29) is 10.9 Å². The molecule has 0 aromatic heterocycles. The van der Waals surface area contributed by atoms with Gasteiger partial charge in [0.05, 0.1) is 16.8 Å². The summed E-state index contributed by atoms with van der Waals surface area (Å²) in [5, 5.41) is 0. The molecule has 0 saturated carbocycles. The first-order chi connectivity index (χ1) is 10.7. The second kappa shape index (κ2) is 5.75. The lowest BCUT2D eigenvalue weighted by Crippen LogP contribution is -2.35. The highest BCUT2D eigenvalue weighted by molar-refractivity contribution is 7.92. The minimum atomic E-state index is -3.49. The van der Waals surface area contributed by atoms with Crippen LogP contribution in [0.1, 0.15) is 31.7 Å². The Bertz CT molecular complexity index is 812. The molecule has 1 aromatic rings. The number of sulfonamides is 2. The standard InChI is InChI=1S/C15H22N2O4S2/c1-12-10-13-11-14(6-7-15(13)17(12)22(2,18)19)23(20,21)16-8-4-3-5-9-16/h6-7,11-12H,3-5,8-10H2,1-2H3/t12-/m0/s1. The van der Waals surface area contributed by atoms with Crippen LogP contribution in [0.25, 0.3) is 0 Å². The normalized spacial score (nSPS) is 23.0. The summed E-state index contributed by atoms with van der Waals surface area (Å²) in [7, 11) is -6.85. The summed E-state index contributed by atoms with van der Waals surface area (Å²) in [6.45, 7) is 2.95. The molecule has 2 heterocycles. The van der Waals surface area contributed by atoms with E-state index in [0.717, 1.165) is 24.8 Å². The Morgan fingerprint density at radius 1 is 1.04 bits per heavy atom. The van der Waals surface area contributed by atoms with Crippen LogP contribution in [0.4, 0.5) is 5.69 Å². The molecule has 23 heavy (non-hydrogen) atoms. The van der Waals surface area contributed by atoms with Gasteiger partial charge in [0.1, 0.15) is 0 Å². The maximum absolute atomic E-state index is 12.7. The van der Waals surface area contributed by atoms with Gasteiger partial charge in [-0.2, -0.15) is 4.31 Å². The Balaban J connectivity index is 1.98. The van der Waals surface area contributed by atoms with Gasteiger partial charge in [-0.1, -0.05) is 6.42 Å². The minimum absolute atomic E-state index is 0.187. The van der Waals surface area contributed by atoms with Crippen molar-refractivity contribution in [1.29, 1.82) is 0 Å². The first-order valence-electron chi connectivity index (χ1n) is 7.84. The van der Waals surface area contributed by atoms with Crippen LogP contribution in [0.2, 0.25) is 0 Å². The van der Waals surface area contributed by atoms with Gasteiger partial charge in [0.25, 0.3) is 0 Å². The Morgan fingerprint density at radius 3 is 2.30 bits per heavy atom. The van der Waals surface area contributed by atoms with Crippen molar-refractivity contribution in [2.45, 2.75) is 43.5 Å². The topological polar surface area (TPSA) is 74.8 Å². The molecule has 0 unspecified atom stereocenters. The summed E-state index contributed by atoms with van der Waals surface area (Å²) in [5.41, 5.74) is 1.37. The van der Waals surface area contributed by atoms with E-state index in [9.17, 15) is 16.8 Å². The molecule has 2 aliphatic heterocycles. The van der Waals surface area contributed by atoms with Gasteiger partial charge in [-0.3, -0.25) is 4.31 Å². The molecule has 0 aliphatic carbocycles. The largest absolute Gasteiger partial charge is 0.267 e. The number of benzene rings is 1. The molecule has 1 atom stereocenters. The number of hydrogen-bond acceptors (Lipinski definition) is 4. The number of nitrogens with zero attached hydrogens (tertiary/aromatic N) is 2. The Hall–Kier alpha value is -1.12. The van der Waals surface area contributed by atoms with E-state index < -0.39 is 20.0 Å². The lowest BCUT2D eigenvalue weighted by atomic mass is 10.1. The van der Waals surface area contributed by atoms with Crippen molar-refractivity contribution >= 4 is 25.7 Å². The van der Waals surface area contributed by atoms with E-state index in [4.69, 9.17) is 0 Å². The van der Waals surface area contributed by atoms with Crippen molar-refractivity contribution < 1.29 is 16.8 Å². The van der Waals surface area contributed by atoms with Gasteiger partial charge in [-0.15, -0.1) is 0 Å². The van der Waals surface area contributed by atoms with Crippen LogP contribution >= 0.6 is 0 Å². The van der Waals surface area contributed by atoms with Gasteiger partial charge in [0.2, 0.25) is 20.0 Å². The zero-order chi connectivity index (χ0) is 16.8. The van der Waals surface area contributed by atoms with Crippen LogP contribution in [0.15, 0.2) is 23.1 Å². The fourth-order valence-corrected chi connectivity index (χ4v) is 6.33. The molecule has 1 saturated heterocycles. The highest BCUT2D eigenvalue weighted by Gasteiger charge is 2.34. The predicted octanol–water partition coefficient (Wildman–Crippen LogP) is 1.57. The molecule has 0 spiro atoms. The molecule has 8 heteroatoms. The average Bonchev–Trinajstić information content (AvgIpc) is 2.82. The summed E-state index contributed by atoms with van der Waals surface area (Å²) >= 11 is 0. The molecular weight excluding hydrogens is 336 g/mol. The fourth-order valence-electron chi connectivity index (χ4n) is 3.50. The number of anilines is 1. The van der Waals surface area contributed by atoms with Crippen molar-refractivity contribution in [2.24, 2.45) is 0 Å². The number of hydrogen-bond donors (Lipinski definition) is 0. The van der Waals surface area contributed by atoms with Crippen LogP contribution in [-0.4, -0.2) is 46.5 Å². The van der Waals surface area contributed by atoms with E-state index in [1.807, 2.05) is 6.92 Å². The monoisotopic (exact) mass is 358 g/mol. The zero-order valence-corrected chi connectivity index (χ0v) is 15.0. The molecule has 1 aromatic carbocycles. The third-order valence-electron chi connectivity index (χ3n) is 4.51. The smallest absolute Gasteiger partial charge is 0.243 e. The van der Waals surface area contributed by atoms with E-state index in [0.29, 0.717) is 25.2 Å². The Kier molecular flexibility index (Phi) is 4.18. The lowest BCUT2D eigenvalue weighted by Gasteiger charge is -2.26. The lowest BCUT2D eigenvalue weighted by molar-refractivity contribution is 0.346. The van der Waals surface area contributed by atoms with Crippen molar-refractivity contribution in [2.75, 3.05) is 23.7 Å². The highest BCUT2D eigenvalue weighted by Crippen LogP contribution is 2.36. The van der Waals surface area contributed by atoms with E-state index in [1.165, 1.54) is 20.9 Å². The Labute approximate surface area is 138 Å².